The molecule has 5 nitrogen and oxygen atoms in total. The fourth-order valence-corrected chi connectivity index (χ4v) is 4.47. The van der Waals surface area contributed by atoms with Crippen molar-refractivity contribution in [2.45, 2.75) is 0 Å². The summed E-state index contributed by atoms with van der Waals surface area (Å²) in [5.74, 6) is 3.04. The van der Waals surface area contributed by atoms with E-state index in [0.29, 0.717) is 5.88 Å². The zero-order valence-corrected chi connectivity index (χ0v) is 18.3. The molecule has 6 rings (SSSR count). The molecule has 3 aromatic carbocycles. The van der Waals surface area contributed by atoms with Crippen LogP contribution in [-0.4, -0.2) is 30.3 Å². The molecule has 0 amide bonds. The van der Waals surface area contributed by atoms with Gasteiger partial charge in [0.15, 0.2) is 0 Å². The number of fused-ring (bicyclic) bond motifs is 2. The highest BCUT2D eigenvalue weighted by atomic mass is 16.5. The van der Waals surface area contributed by atoms with Gasteiger partial charge in [-0.2, -0.15) is 0 Å². The molecule has 0 N–H and O–H groups in total. The van der Waals surface area contributed by atoms with Crippen LogP contribution in [0.1, 0.15) is 0 Å². The van der Waals surface area contributed by atoms with Gasteiger partial charge >= 0.3 is 0 Å². The van der Waals surface area contributed by atoms with Crippen molar-refractivity contribution in [3.05, 3.63) is 104 Å². The molecule has 0 spiro atoms. The van der Waals surface area contributed by atoms with E-state index in [1.54, 1.807) is 6.20 Å². The first-order chi connectivity index (χ1) is 16.2. The molecular formula is C27H22BN3O2. The van der Waals surface area contributed by atoms with Gasteiger partial charge in [0.1, 0.15) is 17.2 Å². The first-order valence-corrected chi connectivity index (χ1v) is 11.0. The number of pyridine rings is 1. The minimum Gasteiger partial charge on any atom is -0.458 e. The Hall–Kier alpha value is -4.19. The standard InChI is InChI=1S/C27H22BN3O2/c1-30-15-16-31(19-30)21-8-6-7-20(17-21)28-23-9-2-3-10-25(23)33-26-13-12-22(18-24(26)28)32-27-11-4-5-14-29-27/h2-18H,19H2,1H3. The second-order valence-corrected chi connectivity index (χ2v) is 8.30. The Balaban J connectivity index is 1.44. The lowest BCUT2D eigenvalue weighted by Gasteiger charge is -2.28. The number of anilines is 1. The maximum Gasteiger partial charge on any atom is 0.251 e. The number of ether oxygens (including phenoxy) is 2. The second-order valence-electron chi connectivity index (χ2n) is 8.30. The summed E-state index contributed by atoms with van der Waals surface area (Å²) in [6.07, 6.45) is 5.93. The van der Waals surface area contributed by atoms with E-state index in [-0.39, 0.29) is 6.71 Å². The first-order valence-electron chi connectivity index (χ1n) is 11.0. The highest BCUT2D eigenvalue weighted by Gasteiger charge is 2.33. The van der Waals surface area contributed by atoms with Crippen molar-refractivity contribution < 1.29 is 9.47 Å². The van der Waals surface area contributed by atoms with Crippen LogP contribution in [0.25, 0.3) is 0 Å². The van der Waals surface area contributed by atoms with Crippen LogP contribution >= 0.6 is 0 Å². The lowest BCUT2D eigenvalue weighted by molar-refractivity contribution is 0.458. The van der Waals surface area contributed by atoms with E-state index in [9.17, 15) is 0 Å². The molecule has 3 heterocycles. The van der Waals surface area contributed by atoms with Crippen LogP contribution in [0.15, 0.2) is 104 Å². The Morgan fingerprint density at radius 2 is 1.73 bits per heavy atom. The number of para-hydroxylation sites is 1. The van der Waals surface area contributed by atoms with E-state index >= 15 is 0 Å². The molecule has 2 aliphatic heterocycles. The van der Waals surface area contributed by atoms with Crippen LogP contribution in [0.2, 0.25) is 0 Å². The highest BCUT2D eigenvalue weighted by Crippen LogP contribution is 2.28. The highest BCUT2D eigenvalue weighted by molar-refractivity contribution is 6.97. The predicted octanol–water partition coefficient (Wildman–Crippen LogP) is 3.68. The largest absolute Gasteiger partial charge is 0.458 e. The summed E-state index contributed by atoms with van der Waals surface area (Å²) < 4.78 is 12.3. The van der Waals surface area contributed by atoms with Crippen molar-refractivity contribution in [3.63, 3.8) is 0 Å². The Morgan fingerprint density at radius 1 is 0.848 bits per heavy atom. The third kappa shape index (κ3) is 3.70. The van der Waals surface area contributed by atoms with Gasteiger partial charge in [0.25, 0.3) is 6.71 Å². The number of hydrogen-bond donors (Lipinski definition) is 0. The summed E-state index contributed by atoms with van der Waals surface area (Å²) in [5, 5.41) is 0. The topological polar surface area (TPSA) is 37.8 Å². The number of rotatable bonds is 4. The van der Waals surface area contributed by atoms with Crippen LogP contribution in [0.5, 0.6) is 23.1 Å². The minimum absolute atomic E-state index is 0.0292. The molecule has 0 saturated heterocycles. The molecular weight excluding hydrogens is 409 g/mol. The molecule has 1 aromatic heterocycles. The maximum absolute atomic E-state index is 6.28. The average molecular weight is 431 g/mol. The van der Waals surface area contributed by atoms with E-state index in [1.807, 2.05) is 42.5 Å². The van der Waals surface area contributed by atoms with Crippen LogP contribution in [-0.2, 0) is 0 Å². The quantitative estimate of drug-likeness (QED) is 0.406. The number of aromatic nitrogens is 1. The summed E-state index contributed by atoms with van der Waals surface area (Å²) in [6, 6.07) is 28.6. The molecule has 0 bridgehead atoms. The van der Waals surface area contributed by atoms with Crippen LogP contribution < -0.4 is 30.8 Å². The summed E-state index contributed by atoms with van der Waals surface area (Å²) in [4.78, 5) is 8.70. The van der Waals surface area contributed by atoms with Crippen molar-refractivity contribution in [1.82, 2.24) is 9.88 Å². The molecule has 0 atom stereocenters. The Morgan fingerprint density at radius 3 is 2.58 bits per heavy atom. The van der Waals surface area contributed by atoms with E-state index < -0.39 is 0 Å². The van der Waals surface area contributed by atoms with E-state index in [4.69, 9.17) is 9.47 Å². The van der Waals surface area contributed by atoms with Gasteiger partial charge in [0, 0.05) is 37.4 Å². The molecule has 4 aromatic rings. The molecule has 6 heteroatoms. The van der Waals surface area contributed by atoms with Gasteiger partial charge in [-0.15, -0.1) is 0 Å². The molecule has 0 radical (unpaired) electrons. The number of benzene rings is 3. The van der Waals surface area contributed by atoms with Gasteiger partial charge in [-0.25, -0.2) is 4.98 Å². The van der Waals surface area contributed by atoms with Gasteiger partial charge in [0.2, 0.25) is 5.88 Å². The molecule has 33 heavy (non-hydrogen) atoms. The van der Waals surface area contributed by atoms with Crippen molar-refractivity contribution in [3.8, 4) is 23.1 Å². The third-order valence-corrected chi connectivity index (χ3v) is 6.01. The zero-order valence-electron chi connectivity index (χ0n) is 18.3. The van der Waals surface area contributed by atoms with Crippen molar-refractivity contribution in [2.75, 3.05) is 18.6 Å². The van der Waals surface area contributed by atoms with Gasteiger partial charge in [0.05, 0.1) is 6.67 Å². The molecule has 2 aliphatic rings. The van der Waals surface area contributed by atoms with Crippen LogP contribution in [0.3, 0.4) is 0 Å². The molecule has 0 fully saturated rings. The third-order valence-electron chi connectivity index (χ3n) is 6.01. The minimum atomic E-state index is 0.0292. The average Bonchev–Trinajstić information content (AvgIpc) is 3.30. The lowest BCUT2D eigenvalue weighted by Crippen LogP contribution is -2.54. The molecule has 0 saturated carbocycles. The maximum atomic E-state index is 6.28. The lowest BCUT2D eigenvalue weighted by atomic mass is 9.36. The second kappa shape index (κ2) is 8.06. The van der Waals surface area contributed by atoms with Crippen molar-refractivity contribution >= 4 is 28.8 Å². The van der Waals surface area contributed by atoms with Gasteiger partial charge in [-0.05, 0) is 53.4 Å². The fourth-order valence-electron chi connectivity index (χ4n) is 4.47. The fraction of sp³-hybridized carbons (Fsp3) is 0.0741. The molecule has 0 aliphatic carbocycles. The monoisotopic (exact) mass is 431 g/mol. The first kappa shape index (κ1) is 19.5. The van der Waals surface area contributed by atoms with Crippen molar-refractivity contribution in [2.24, 2.45) is 0 Å². The summed E-state index contributed by atoms with van der Waals surface area (Å²) in [7, 11) is 2.08. The summed E-state index contributed by atoms with van der Waals surface area (Å²) in [6.45, 7) is 0.869. The number of nitrogens with zero attached hydrogens (tertiary/aromatic N) is 3. The van der Waals surface area contributed by atoms with Gasteiger partial charge in [-0.1, -0.05) is 41.9 Å². The van der Waals surface area contributed by atoms with Crippen LogP contribution in [0, 0.1) is 0 Å². The summed E-state index contributed by atoms with van der Waals surface area (Å²) in [5.41, 5.74) is 4.60. The smallest absolute Gasteiger partial charge is 0.251 e. The normalized spacial score (nSPS) is 14.0. The number of hydrogen-bond acceptors (Lipinski definition) is 5. The van der Waals surface area contributed by atoms with Crippen LogP contribution in [0.4, 0.5) is 5.69 Å². The van der Waals surface area contributed by atoms with Gasteiger partial charge in [-0.3, -0.25) is 0 Å². The van der Waals surface area contributed by atoms with Crippen molar-refractivity contribution in [1.29, 1.82) is 0 Å². The summed E-state index contributed by atoms with van der Waals surface area (Å²) >= 11 is 0. The zero-order chi connectivity index (χ0) is 22.2. The van der Waals surface area contributed by atoms with E-state index in [1.165, 1.54) is 11.2 Å². The predicted molar refractivity (Wildman–Crippen MR) is 133 cm³/mol. The molecule has 160 valence electrons. The van der Waals surface area contributed by atoms with E-state index in [0.717, 1.165) is 34.8 Å². The van der Waals surface area contributed by atoms with E-state index in [2.05, 4.69) is 76.7 Å². The Bertz CT molecular complexity index is 1340. The SMILES string of the molecule is CN1C=CN(c2cccc(B3c4ccccc4Oc4ccc(Oc5ccccn5)cc43)c2)C1. The Labute approximate surface area is 193 Å². The van der Waals surface area contributed by atoms with Gasteiger partial charge < -0.3 is 19.3 Å². The Kier molecular flexibility index (Phi) is 4.76. The molecule has 0 unspecified atom stereocenters.